The number of halogens is 1. The largest absolute Gasteiger partial charge is 0.376 e. The highest BCUT2D eigenvalue weighted by Gasteiger charge is 2.45. The lowest BCUT2D eigenvalue weighted by molar-refractivity contribution is -0.0999. The summed E-state index contributed by atoms with van der Waals surface area (Å²) in [6.07, 6.45) is 4.33. The molecule has 0 radical (unpaired) electrons. The maximum Gasteiger partial charge on any atom is 0.123 e. The third-order valence-corrected chi connectivity index (χ3v) is 4.28. The van der Waals surface area contributed by atoms with Gasteiger partial charge in [0.15, 0.2) is 0 Å². The van der Waals surface area contributed by atoms with Gasteiger partial charge in [0.1, 0.15) is 5.82 Å². The van der Waals surface area contributed by atoms with Crippen LogP contribution < -0.4 is 5.32 Å². The molecular weight excluding hydrogens is 241 g/mol. The molecule has 0 spiro atoms. The van der Waals surface area contributed by atoms with Crippen LogP contribution in [0, 0.1) is 12.7 Å². The van der Waals surface area contributed by atoms with Crippen molar-refractivity contribution in [3.8, 4) is 0 Å². The van der Waals surface area contributed by atoms with E-state index < -0.39 is 0 Å². The summed E-state index contributed by atoms with van der Waals surface area (Å²) in [5.74, 6) is -0.172. The Labute approximate surface area is 115 Å². The summed E-state index contributed by atoms with van der Waals surface area (Å²) >= 11 is 0. The minimum atomic E-state index is -0.172. The van der Waals surface area contributed by atoms with Gasteiger partial charge in [-0.2, -0.15) is 0 Å². The molecule has 0 aliphatic heterocycles. The normalized spacial score (nSPS) is 18.9. The van der Waals surface area contributed by atoms with Crippen LogP contribution in [0.15, 0.2) is 18.2 Å². The number of nitrogens with one attached hydrogen (secondary N) is 1. The molecule has 19 heavy (non-hydrogen) atoms. The van der Waals surface area contributed by atoms with E-state index in [1.165, 1.54) is 12.5 Å². The Morgan fingerprint density at radius 2 is 2.16 bits per heavy atom. The fourth-order valence-corrected chi connectivity index (χ4v) is 2.93. The van der Waals surface area contributed by atoms with Crippen molar-refractivity contribution in [2.75, 3.05) is 13.7 Å². The summed E-state index contributed by atoms with van der Waals surface area (Å²) < 4.78 is 19.4. The lowest BCUT2D eigenvalue weighted by Crippen LogP contribution is -2.51. The van der Waals surface area contributed by atoms with Gasteiger partial charge in [-0.1, -0.05) is 13.0 Å². The Hall–Kier alpha value is -0.930. The highest BCUT2D eigenvalue weighted by Crippen LogP contribution is 2.45. The van der Waals surface area contributed by atoms with Crippen LogP contribution in [0.3, 0.4) is 0 Å². The van der Waals surface area contributed by atoms with Crippen molar-refractivity contribution in [2.45, 2.75) is 51.2 Å². The van der Waals surface area contributed by atoms with Gasteiger partial charge in [0, 0.05) is 7.11 Å². The van der Waals surface area contributed by atoms with Gasteiger partial charge < -0.3 is 10.1 Å². The van der Waals surface area contributed by atoms with E-state index in [9.17, 15) is 4.39 Å². The first kappa shape index (κ1) is 14.5. The fourth-order valence-electron chi connectivity index (χ4n) is 2.93. The first-order chi connectivity index (χ1) is 9.13. The summed E-state index contributed by atoms with van der Waals surface area (Å²) in [6.45, 7) is 5.10. The lowest BCUT2D eigenvalue weighted by Gasteiger charge is -2.47. The SMILES string of the molecule is CCCNC(c1cc(F)ccc1C)C1(OC)CCC1. The first-order valence-electron chi connectivity index (χ1n) is 7.17. The molecule has 3 heteroatoms. The summed E-state index contributed by atoms with van der Waals surface area (Å²) in [6, 6.07) is 5.12. The molecule has 0 amide bonds. The molecule has 1 saturated carbocycles. The average molecular weight is 265 g/mol. The molecule has 2 rings (SSSR count). The van der Waals surface area contributed by atoms with Gasteiger partial charge in [-0.05, 0) is 62.4 Å². The van der Waals surface area contributed by atoms with Crippen molar-refractivity contribution < 1.29 is 9.13 Å². The zero-order valence-corrected chi connectivity index (χ0v) is 12.1. The molecule has 1 N–H and O–H groups in total. The smallest absolute Gasteiger partial charge is 0.123 e. The predicted molar refractivity (Wildman–Crippen MR) is 75.8 cm³/mol. The second kappa shape index (κ2) is 6.02. The number of rotatable bonds is 6. The van der Waals surface area contributed by atoms with Crippen molar-refractivity contribution in [1.29, 1.82) is 0 Å². The zero-order chi connectivity index (χ0) is 13.9. The van der Waals surface area contributed by atoms with Crippen LogP contribution in [0.4, 0.5) is 4.39 Å². The third kappa shape index (κ3) is 2.82. The molecular formula is C16H24FNO. The molecule has 0 bridgehead atoms. The van der Waals surface area contributed by atoms with Gasteiger partial charge in [0.2, 0.25) is 0 Å². The predicted octanol–water partition coefficient (Wildman–Crippen LogP) is 3.74. The first-order valence-corrected chi connectivity index (χ1v) is 7.17. The second-order valence-electron chi connectivity index (χ2n) is 5.51. The van der Waals surface area contributed by atoms with Crippen LogP contribution in [0.1, 0.15) is 49.8 Å². The van der Waals surface area contributed by atoms with Crippen LogP contribution in [-0.4, -0.2) is 19.3 Å². The topological polar surface area (TPSA) is 21.3 Å². The molecule has 0 saturated heterocycles. The Morgan fingerprint density at radius 1 is 1.42 bits per heavy atom. The van der Waals surface area contributed by atoms with Crippen molar-refractivity contribution >= 4 is 0 Å². The number of ether oxygens (including phenoxy) is 1. The maximum atomic E-state index is 13.6. The minimum Gasteiger partial charge on any atom is -0.376 e. The van der Waals surface area contributed by atoms with Crippen LogP contribution >= 0.6 is 0 Å². The van der Waals surface area contributed by atoms with Gasteiger partial charge in [0.25, 0.3) is 0 Å². The third-order valence-electron chi connectivity index (χ3n) is 4.28. The fraction of sp³-hybridized carbons (Fsp3) is 0.625. The van der Waals surface area contributed by atoms with Crippen LogP contribution in [0.2, 0.25) is 0 Å². The Morgan fingerprint density at radius 3 is 2.68 bits per heavy atom. The summed E-state index contributed by atoms with van der Waals surface area (Å²) in [7, 11) is 1.77. The van der Waals surface area contributed by atoms with E-state index in [0.29, 0.717) is 0 Å². The molecule has 0 heterocycles. The van der Waals surface area contributed by atoms with E-state index in [-0.39, 0.29) is 17.5 Å². The highest BCUT2D eigenvalue weighted by molar-refractivity contribution is 5.32. The molecule has 1 aromatic carbocycles. The van der Waals surface area contributed by atoms with Crippen molar-refractivity contribution in [3.05, 3.63) is 35.1 Å². The Balaban J connectivity index is 2.33. The second-order valence-corrected chi connectivity index (χ2v) is 5.51. The average Bonchev–Trinajstić information content (AvgIpc) is 2.36. The summed E-state index contributed by atoms with van der Waals surface area (Å²) in [4.78, 5) is 0. The van der Waals surface area contributed by atoms with Crippen LogP contribution in [0.25, 0.3) is 0 Å². The van der Waals surface area contributed by atoms with Gasteiger partial charge >= 0.3 is 0 Å². The van der Waals surface area contributed by atoms with E-state index in [0.717, 1.165) is 36.9 Å². The monoisotopic (exact) mass is 265 g/mol. The standard InChI is InChI=1S/C16H24FNO/c1-4-10-18-15(16(19-3)8-5-9-16)14-11-13(17)7-6-12(14)2/h6-7,11,15,18H,4-5,8-10H2,1-3H3. The minimum absolute atomic E-state index is 0.0851. The Bertz CT molecular complexity index is 423. The van der Waals surface area contributed by atoms with E-state index in [4.69, 9.17) is 4.74 Å². The van der Waals surface area contributed by atoms with Crippen LogP contribution in [-0.2, 0) is 4.74 Å². The molecule has 106 valence electrons. The molecule has 0 aromatic heterocycles. The highest BCUT2D eigenvalue weighted by atomic mass is 19.1. The van der Waals surface area contributed by atoms with E-state index in [1.807, 2.05) is 13.0 Å². The zero-order valence-electron chi connectivity index (χ0n) is 12.1. The van der Waals surface area contributed by atoms with E-state index in [2.05, 4.69) is 12.2 Å². The number of benzene rings is 1. The molecule has 1 fully saturated rings. The molecule has 1 atom stereocenters. The molecule has 1 aliphatic carbocycles. The quantitative estimate of drug-likeness (QED) is 0.846. The number of methoxy groups -OCH3 is 1. The molecule has 1 aliphatic rings. The Kier molecular flexibility index (Phi) is 4.58. The summed E-state index contributed by atoms with van der Waals surface area (Å²) in [5, 5.41) is 3.56. The van der Waals surface area contributed by atoms with Crippen molar-refractivity contribution in [1.82, 2.24) is 5.32 Å². The van der Waals surface area contributed by atoms with Crippen molar-refractivity contribution in [2.24, 2.45) is 0 Å². The summed E-state index contributed by atoms with van der Waals surface area (Å²) in [5.41, 5.74) is 2.00. The number of hydrogen-bond donors (Lipinski definition) is 1. The lowest BCUT2D eigenvalue weighted by atomic mass is 9.71. The molecule has 1 aromatic rings. The van der Waals surface area contributed by atoms with Gasteiger partial charge in [-0.3, -0.25) is 0 Å². The molecule has 1 unspecified atom stereocenters. The van der Waals surface area contributed by atoms with E-state index >= 15 is 0 Å². The van der Waals surface area contributed by atoms with Gasteiger partial charge in [-0.15, -0.1) is 0 Å². The number of aryl methyl sites for hydroxylation is 1. The van der Waals surface area contributed by atoms with E-state index in [1.54, 1.807) is 13.2 Å². The van der Waals surface area contributed by atoms with Crippen LogP contribution in [0.5, 0.6) is 0 Å². The molecule has 2 nitrogen and oxygen atoms in total. The van der Waals surface area contributed by atoms with Crippen molar-refractivity contribution in [3.63, 3.8) is 0 Å². The number of hydrogen-bond acceptors (Lipinski definition) is 2. The maximum absolute atomic E-state index is 13.6. The van der Waals surface area contributed by atoms with Gasteiger partial charge in [0.05, 0.1) is 11.6 Å². The van der Waals surface area contributed by atoms with Gasteiger partial charge in [-0.25, -0.2) is 4.39 Å².